The van der Waals surface area contributed by atoms with E-state index in [1.54, 1.807) is 0 Å². The lowest BCUT2D eigenvalue weighted by molar-refractivity contribution is -0.143. The van der Waals surface area contributed by atoms with Gasteiger partial charge in [-0.15, -0.1) is 0 Å². The summed E-state index contributed by atoms with van der Waals surface area (Å²) in [5, 5.41) is 0. The predicted octanol–water partition coefficient (Wildman–Crippen LogP) is 5.71. The Morgan fingerprint density at radius 1 is 0.875 bits per heavy atom. The number of carbonyl (C=O) groups is 1. The van der Waals surface area contributed by atoms with E-state index in [1.165, 1.54) is 12.1 Å². The minimum Gasteiger partial charge on any atom is -0.322 e. The zero-order valence-electron chi connectivity index (χ0n) is 20.6. The van der Waals surface area contributed by atoms with Crippen molar-refractivity contribution in [1.29, 1.82) is 0 Å². The SMILES string of the molecule is CN(C(=O)N(C)C1CN(S(=O)(=O)CC(F)(F)F)CC1c1ccc(F)cc1)c1cc(C(F)(F)F)cc(C(F)(F)F)c1. The van der Waals surface area contributed by atoms with Crippen LogP contribution in [0.25, 0.3) is 0 Å². The van der Waals surface area contributed by atoms with Crippen LogP contribution in [0, 0.1) is 5.82 Å². The fraction of sp³-hybridized carbons (Fsp3) is 0.435. The highest BCUT2D eigenvalue weighted by Gasteiger charge is 2.47. The summed E-state index contributed by atoms with van der Waals surface area (Å²) in [6.45, 7) is -1.23. The lowest BCUT2D eigenvalue weighted by Crippen LogP contribution is -2.48. The van der Waals surface area contributed by atoms with E-state index < -0.39 is 88.0 Å². The molecule has 6 nitrogen and oxygen atoms in total. The molecule has 0 saturated carbocycles. The molecule has 222 valence electrons. The van der Waals surface area contributed by atoms with Crippen LogP contribution in [-0.4, -0.2) is 68.8 Å². The van der Waals surface area contributed by atoms with E-state index in [1.807, 2.05) is 0 Å². The minimum atomic E-state index is -5.20. The molecule has 1 heterocycles. The van der Waals surface area contributed by atoms with Crippen LogP contribution in [0.4, 0.5) is 54.4 Å². The van der Waals surface area contributed by atoms with Gasteiger partial charge in [-0.05, 0) is 35.9 Å². The first-order valence-electron chi connectivity index (χ1n) is 11.2. The zero-order valence-corrected chi connectivity index (χ0v) is 21.4. The van der Waals surface area contributed by atoms with Gasteiger partial charge >= 0.3 is 24.6 Å². The number of anilines is 1. The van der Waals surface area contributed by atoms with Crippen molar-refractivity contribution in [2.24, 2.45) is 0 Å². The fourth-order valence-electron chi connectivity index (χ4n) is 4.33. The molecule has 0 N–H and O–H groups in total. The molecule has 2 aromatic carbocycles. The number of likely N-dealkylation sites (N-methyl/N-ethyl adjacent to an activating group) is 1. The van der Waals surface area contributed by atoms with E-state index in [-0.39, 0.29) is 11.6 Å². The first kappa shape index (κ1) is 31.4. The summed E-state index contributed by atoms with van der Waals surface area (Å²) >= 11 is 0. The van der Waals surface area contributed by atoms with Crippen LogP contribution in [0.3, 0.4) is 0 Å². The van der Waals surface area contributed by atoms with E-state index >= 15 is 0 Å². The van der Waals surface area contributed by atoms with Crippen LogP contribution < -0.4 is 4.90 Å². The molecular formula is C23H21F10N3O3S. The molecule has 0 radical (unpaired) electrons. The van der Waals surface area contributed by atoms with E-state index in [9.17, 15) is 57.1 Å². The molecule has 40 heavy (non-hydrogen) atoms. The van der Waals surface area contributed by atoms with Crippen molar-refractivity contribution >= 4 is 21.7 Å². The number of halogens is 10. The summed E-state index contributed by atoms with van der Waals surface area (Å²) in [6, 6.07) is 2.52. The van der Waals surface area contributed by atoms with Crippen molar-refractivity contribution in [2.45, 2.75) is 30.5 Å². The van der Waals surface area contributed by atoms with Gasteiger partial charge in [0.25, 0.3) is 0 Å². The molecule has 2 atom stereocenters. The Bertz CT molecular complexity index is 1310. The van der Waals surface area contributed by atoms with Crippen molar-refractivity contribution in [3.8, 4) is 0 Å². The van der Waals surface area contributed by atoms with Gasteiger partial charge < -0.3 is 4.90 Å². The molecule has 3 rings (SSSR count). The van der Waals surface area contributed by atoms with Crippen LogP contribution >= 0.6 is 0 Å². The summed E-state index contributed by atoms with van der Waals surface area (Å²) in [6.07, 6.45) is -15.5. The van der Waals surface area contributed by atoms with Gasteiger partial charge in [0.05, 0.1) is 17.2 Å². The summed E-state index contributed by atoms with van der Waals surface area (Å²) in [5.41, 5.74) is -3.93. The Morgan fingerprint density at radius 2 is 1.38 bits per heavy atom. The first-order valence-corrected chi connectivity index (χ1v) is 12.8. The average molecular weight is 609 g/mol. The Hall–Kier alpha value is -3.08. The van der Waals surface area contributed by atoms with Crippen molar-refractivity contribution in [1.82, 2.24) is 9.21 Å². The van der Waals surface area contributed by atoms with Crippen LogP contribution in [-0.2, 0) is 22.4 Å². The molecular weight excluding hydrogens is 588 g/mol. The third-order valence-electron chi connectivity index (χ3n) is 6.34. The maximum atomic E-state index is 13.5. The largest absolute Gasteiger partial charge is 0.416 e. The first-order chi connectivity index (χ1) is 18.1. The second kappa shape index (κ2) is 10.7. The zero-order chi connectivity index (χ0) is 30.4. The molecule has 2 aromatic rings. The molecule has 2 unspecified atom stereocenters. The van der Waals surface area contributed by atoms with Gasteiger partial charge in [-0.3, -0.25) is 4.90 Å². The lowest BCUT2D eigenvalue weighted by Gasteiger charge is -2.33. The number of hydrogen-bond acceptors (Lipinski definition) is 3. The Morgan fingerprint density at radius 3 is 1.82 bits per heavy atom. The number of carbonyl (C=O) groups excluding carboxylic acids is 1. The van der Waals surface area contributed by atoms with E-state index in [0.29, 0.717) is 21.3 Å². The summed E-state index contributed by atoms with van der Waals surface area (Å²) in [7, 11) is -2.99. The predicted molar refractivity (Wildman–Crippen MR) is 122 cm³/mol. The van der Waals surface area contributed by atoms with Gasteiger partial charge in [0, 0.05) is 38.8 Å². The number of amides is 2. The molecule has 17 heteroatoms. The molecule has 1 aliphatic heterocycles. The van der Waals surface area contributed by atoms with E-state index in [4.69, 9.17) is 0 Å². The Kier molecular flexibility index (Phi) is 8.43. The van der Waals surface area contributed by atoms with Crippen LogP contribution in [0.15, 0.2) is 42.5 Å². The average Bonchev–Trinajstić information content (AvgIpc) is 3.27. The molecule has 1 saturated heterocycles. The molecule has 1 aliphatic rings. The maximum Gasteiger partial charge on any atom is 0.416 e. The van der Waals surface area contributed by atoms with Crippen molar-refractivity contribution < 1.29 is 57.1 Å². The normalized spacial score (nSPS) is 19.1. The highest BCUT2D eigenvalue weighted by Crippen LogP contribution is 2.39. The highest BCUT2D eigenvalue weighted by atomic mass is 32.2. The summed E-state index contributed by atoms with van der Waals surface area (Å²) in [5.74, 6) is -3.91. The number of urea groups is 1. The molecule has 0 spiro atoms. The number of alkyl halides is 9. The smallest absolute Gasteiger partial charge is 0.322 e. The second-order valence-corrected chi connectivity index (χ2v) is 11.1. The summed E-state index contributed by atoms with van der Waals surface area (Å²) < 4.78 is 157. The van der Waals surface area contributed by atoms with Gasteiger partial charge in [0.1, 0.15) is 5.82 Å². The van der Waals surface area contributed by atoms with Crippen LogP contribution in [0.1, 0.15) is 22.6 Å². The monoisotopic (exact) mass is 609 g/mol. The van der Waals surface area contributed by atoms with E-state index in [0.717, 1.165) is 31.1 Å². The third-order valence-corrected chi connectivity index (χ3v) is 8.12. The minimum absolute atomic E-state index is 0.129. The molecule has 0 aromatic heterocycles. The van der Waals surface area contributed by atoms with Gasteiger partial charge in [-0.25, -0.2) is 17.6 Å². The molecule has 0 aliphatic carbocycles. The molecule has 0 bridgehead atoms. The number of benzene rings is 2. The van der Waals surface area contributed by atoms with Gasteiger partial charge in [0.15, 0.2) is 5.75 Å². The van der Waals surface area contributed by atoms with Crippen molar-refractivity contribution in [2.75, 3.05) is 37.8 Å². The van der Waals surface area contributed by atoms with Gasteiger partial charge in [-0.1, -0.05) is 12.1 Å². The topological polar surface area (TPSA) is 60.9 Å². The van der Waals surface area contributed by atoms with Gasteiger partial charge in [-0.2, -0.15) is 43.8 Å². The number of hydrogen-bond donors (Lipinski definition) is 0. The quantitative estimate of drug-likeness (QED) is 0.408. The second-order valence-electron chi connectivity index (χ2n) is 9.13. The Labute approximate surface area is 221 Å². The highest BCUT2D eigenvalue weighted by molar-refractivity contribution is 7.89. The van der Waals surface area contributed by atoms with E-state index in [2.05, 4.69) is 0 Å². The number of rotatable bonds is 5. The lowest BCUT2D eigenvalue weighted by atomic mass is 9.93. The third kappa shape index (κ3) is 7.16. The number of nitrogens with zero attached hydrogens (tertiary/aromatic N) is 3. The molecule has 1 fully saturated rings. The van der Waals surface area contributed by atoms with Crippen LogP contribution in [0.2, 0.25) is 0 Å². The van der Waals surface area contributed by atoms with Crippen molar-refractivity contribution in [3.63, 3.8) is 0 Å². The summed E-state index contributed by atoms with van der Waals surface area (Å²) in [4.78, 5) is 14.5. The van der Waals surface area contributed by atoms with Gasteiger partial charge in [0.2, 0.25) is 10.0 Å². The maximum absolute atomic E-state index is 13.5. The molecule has 2 amide bonds. The number of sulfonamides is 1. The Balaban J connectivity index is 1.99. The fourth-order valence-corrected chi connectivity index (χ4v) is 5.69. The van der Waals surface area contributed by atoms with Crippen molar-refractivity contribution in [3.05, 3.63) is 65.0 Å². The standard InChI is InChI=1S/C23H21F10N3O3S/c1-34(17-8-14(22(28,29)30)7-15(9-17)23(31,32)33)20(37)35(2)19-11-36(40(38,39)12-21(25,26)27)10-18(19)13-3-5-16(24)6-4-13/h3-9,18-19H,10-12H2,1-2H3. The van der Waals surface area contributed by atoms with Crippen LogP contribution in [0.5, 0.6) is 0 Å².